The number of hydrogen-bond donors (Lipinski definition) is 1. The van der Waals surface area contributed by atoms with Crippen LogP contribution < -0.4 is 5.32 Å². The van der Waals surface area contributed by atoms with Gasteiger partial charge in [0.05, 0.1) is 11.6 Å². The van der Waals surface area contributed by atoms with E-state index in [1.807, 2.05) is 24.3 Å². The van der Waals surface area contributed by atoms with Crippen LogP contribution >= 0.6 is 23.4 Å². The minimum Gasteiger partial charge on any atom is -0.353 e. The molecule has 1 fully saturated rings. The Morgan fingerprint density at radius 3 is 2.84 bits per heavy atom. The molecule has 5 heteroatoms. The zero-order valence-corrected chi connectivity index (χ0v) is 15.6. The van der Waals surface area contributed by atoms with Gasteiger partial charge in [-0.1, -0.05) is 60.5 Å². The Bertz CT molecular complexity index is 778. The average molecular weight is 373 g/mol. The molecule has 0 saturated heterocycles. The van der Waals surface area contributed by atoms with E-state index >= 15 is 0 Å². The van der Waals surface area contributed by atoms with E-state index in [0.29, 0.717) is 11.2 Å². The van der Waals surface area contributed by atoms with Crippen molar-refractivity contribution in [2.75, 3.05) is 0 Å². The highest BCUT2D eigenvalue weighted by Gasteiger charge is 2.25. The van der Waals surface area contributed by atoms with Crippen LogP contribution in [0.25, 0.3) is 0 Å². The molecule has 1 aliphatic heterocycles. The van der Waals surface area contributed by atoms with Gasteiger partial charge in [-0.05, 0) is 37.8 Å². The Labute approximate surface area is 157 Å². The molecular formula is C20H21ClN2OS. The minimum absolute atomic E-state index is 0.0858. The molecule has 3 aliphatic rings. The number of hydrogen-bond acceptors (Lipinski definition) is 3. The van der Waals surface area contributed by atoms with Gasteiger partial charge in [0.2, 0.25) is 5.91 Å². The molecule has 130 valence electrons. The van der Waals surface area contributed by atoms with Crippen molar-refractivity contribution in [2.24, 2.45) is 10.9 Å². The normalized spacial score (nSPS) is 23.4. The summed E-state index contributed by atoms with van der Waals surface area (Å²) in [5.41, 5.74) is 1.96. The van der Waals surface area contributed by atoms with Gasteiger partial charge in [0, 0.05) is 21.4 Å². The molecule has 1 amide bonds. The Morgan fingerprint density at radius 2 is 2.00 bits per heavy atom. The third-order valence-corrected chi connectivity index (χ3v) is 6.51. The number of carbonyl (C=O) groups excluding carboxylic acids is 1. The standard InChI is InChI=1S/C20H21ClN2OS/c21-19-15-7-3-4-8-17(15)25-18-12-10-13(9-11-16(18)23-19)20(24)22-14-5-1-2-6-14/h3-4,7-8,10,12-14H,1-2,5-6,9,11H2,(H,22,24). The minimum atomic E-state index is -0.0858. The summed E-state index contributed by atoms with van der Waals surface area (Å²) < 4.78 is 0. The smallest absolute Gasteiger partial charge is 0.227 e. The van der Waals surface area contributed by atoms with Crippen molar-refractivity contribution in [1.82, 2.24) is 5.32 Å². The van der Waals surface area contributed by atoms with E-state index in [9.17, 15) is 4.79 Å². The van der Waals surface area contributed by atoms with Crippen LogP contribution in [-0.2, 0) is 4.79 Å². The lowest BCUT2D eigenvalue weighted by atomic mass is 10.0. The van der Waals surface area contributed by atoms with E-state index in [4.69, 9.17) is 11.6 Å². The SMILES string of the molecule is O=C(NC1CCCC1)C1C=CC2=C(CC1)N=C(Cl)c1ccccc1S2. The van der Waals surface area contributed by atoms with Gasteiger partial charge in [0.15, 0.2) is 0 Å². The number of fused-ring (bicyclic) bond motifs is 1. The van der Waals surface area contributed by atoms with E-state index in [1.165, 1.54) is 12.8 Å². The van der Waals surface area contributed by atoms with Gasteiger partial charge in [-0.25, -0.2) is 4.99 Å². The molecule has 1 unspecified atom stereocenters. The monoisotopic (exact) mass is 372 g/mol. The summed E-state index contributed by atoms with van der Waals surface area (Å²) in [5.74, 6) is 0.0682. The van der Waals surface area contributed by atoms with Crippen molar-refractivity contribution < 1.29 is 4.79 Å². The first-order valence-corrected chi connectivity index (χ1v) is 10.1. The van der Waals surface area contributed by atoms with Gasteiger partial charge in [0.1, 0.15) is 5.17 Å². The third kappa shape index (κ3) is 3.70. The van der Waals surface area contributed by atoms with Crippen LogP contribution in [0.2, 0.25) is 0 Å². The number of halogens is 1. The molecule has 0 radical (unpaired) electrons. The van der Waals surface area contributed by atoms with Gasteiger partial charge in [-0.3, -0.25) is 4.79 Å². The third-order valence-electron chi connectivity index (χ3n) is 5.06. The maximum atomic E-state index is 12.6. The fraction of sp³-hybridized carbons (Fsp3) is 0.400. The predicted molar refractivity (Wildman–Crippen MR) is 104 cm³/mol. The maximum absolute atomic E-state index is 12.6. The number of amides is 1. The van der Waals surface area contributed by atoms with Crippen molar-refractivity contribution >= 4 is 34.4 Å². The highest BCUT2D eigenvalue weighted by atomic mass is 35.5. The molecule has 1 saturated carbocycles. The van der Waals surface area contributed by atoms with Crippen LogP contribution in [0.1, 0.15) is 44.1 Å². The van der Waals surface area contributed by atoms with E-state index in [1.54, 1.807) is 11.8 Å². The largest absolute Gasteiger partial charge is 0.353 e. The van der Waals surface area contributed by atoms with Crippen molar-refractivity contribution in [3.8, 4) is 0 Å². The Hall–Kier alpha value is -1.52. The molecule has 1 heterocycles. The molecular weight excluding hydrogens is 352 g/mol. The number of thioether (sulfide) groups is 1. The summed E-state index contributed by atoms with van der Waals surface area (Å²) in [6.07, 6.45) is 10.3. The van der Waals surface area contributed by atoms with E-state index < -0.39 is 0 Å². The molecule has 3 nitrogen and oxygen atoms in total. The van der Waals surface area contributed by atoms with Crippen molar-refractivity contribution in [3.63, 3.8) is 0 Å². The molecule has 4 rings (SSSR count). The first-order valence-electron chi connectivity index (χ1n) is 8.94. The van der Waals surface area contributed by atoms with Crippen molar-refractivity contribution in [1.29, 1.82) is 0 Å². The predicted octanol–water partition coefficient (Wildman–Crippen LogP) is 5.01. The number of nitrogens with one attached hydrogen (secondary N) is 1. The van der Waals surface area contributed by atoms with Crippen LogP contribution in [0.4, 0.5) is 0 Å². The van der Waals surface area contributed by atoms with E-state index in [2.05, 4.69) is 22.5 Å². The van der Waals surface area contributed by atoms with Crippen LogP contribution in [-0.4, -0.2) is 17.1 Å². The number of aliphatic imine (C=N–C) groups is 1. The Morgan fingerprint density at radius 1 is 1.20 bits per heavy atom. The van der Waals surface area contributed by atoms with Crippen molar-refractivity contribution in [3.05, 3.63) is 52.6 Å². The number of nitrogens with zero attached hydrogens (tertiary/aromatic N) is 1. The lowest BCUT2D eigenvalue weighted by molar-refractivity contribution is -0.124. The summed E-state index contributed by atoms with van der Waals surface area (Å²) in [6, 6.07) is 8.43. The number of carbonyl (C=O) groups is 1. The van der Waals surface area contributed by atoms with Crippen LogP contribution in [0.3, 0.4) is 0 Å². The molecule has 25 heavy (non-hydrogen) atoms. The first-order chi connectivity index (χ1) is 12.2. The van der Waals surface area contributed by atoms with E-state index in [0.717, 1.165) is 46.7 Å². The first kappa shape index (κ1) is 16.9. The molecule has 0 aromatic heterocycles. The van der Waals surface area contributed by atoms with Crippen LogP contribution in [0.5, 0.6) is 0 Å². The second-order valence-corrected chi connectivity index (χ2v) is 8.25. The Balaban J connectivity index is 1.52. The van der Waals surface area contributed by atoms with Gasteiger partial charge >= 0.3 is 0 Å². The zero-order valence-electron chi connectivity index (χ0n) is 14.0. The molecule has 1 aromatic carbocycles. The average Bonchev–Trinajstić information content (AvgIpc) is 2.98. The van der Waals surface area contributed by atoms with Gasteiger partial charge in [-0.2, -0.15) is 0 Å². The lowest BCUT2D eigenvalue weighted by Gasteiger charge is -2.16. The second kappa shape index (κ2) is 7.38. The van der Waals surface area contributed by atoms with Gasteiger partial charge in [0.25, 0.3) is 0 Å². The fourth-order valence-electron chi connectivity index (χ4n) is 3.64. The van der Waals surface area contributed by atoms with Crippen LogP contribution in [0.15, 0.2) is 56.9 Å². The molecule has 1 atom stereocenters. The zero-order chi connectivity index (χ0) is 17.2. The molecule has 0 bridgehead atoms. The summed E-state index contributed by atoms with van der Waals surface area (Å²) in [7, 11) is 0. The quantitative estimate of drug-likeness (QED) is 0.792. The maximum Gasteiger partial charge on any atom is 0.227 e. The summed E-state index contributed by atoms with van der Waals surface area (Å²) in [6.45, 7) is 0. The molecule has 1 aromatic rings. The highest BCUT2D eigenvalue weighted by molar-refractivity contribution is 8.03. The Kier molecular flexibility index (Phi) is 5.00. The number of allylic oxidation sites excluding steroid dienone is 2. The second-order valence-electron chi connectivity index (χ2n) is 6.81. The highest BCUT2D eigenvalue weighted by Crippen LogP contribution is 2.40. The van der Waals surface area contributed by atoms with Gasteiger partial charge in [-0.15, -0.1) is 0 Å². The number of benzene rings is 1. The molecule has 2 aliphatic carbocycles. The fourth-order valence-corrected chi connectivity index (χ4v) is 5.03. The summed E-state index contributed by atoms with van der Waals surface area (Å²) in [5, 5.41) is 3.75. The van der Waals surface area contributed by atoms with E-state index in [-0.39, 0.29) is 11.8 Å². The summed E-state index contributed by atoms with van der Waals surface area (Å²) >= 11 is 8.12. The lowest BCUT2D eigenvalue weighted by Crippen LogP contribution is -2.36. The van der Waals surface area contributed by atoms with Gasteiger partial charge < -0.3 is 5.32 Å². The van der Waals surface area contributed by atoms with Crippen molar-refractivity contribution in [2.45, 2.75) is 49.5 Å². The summed E-state index contributed by atoms with van der Waals surface area (Å²) in [4.78, 5) is 19.5. The van der Waals surface area contributed by atoms with Crippen LogP contribution in [0, 0.1) is 5.92 Å². The number of rotatable bonds is 2. The molecule has 0 spiro atoms. The molecule has 1 N–H and O–H groups in total. The topological polar surface area (TPSA) is 41.5 Å².